The molecule has 9 heteroatoms. The van der Waals surface area contributed by atoms with Crippen molar-refractivity contribution in [3.8, 4) is 11.6 Å². The van der Waals surface area contributed by atoms with Crippen molar-refractivity contribution in [3.63, 3.8) is 0 Å². The van der Waals surface area contributed by atoms with Gasteiger partial charge in [-0.2, -0.15) is 4.31 Å². The zero-order valence-electron chi connectivity index (χ0n) is 15.7. The molecule has 0 atom stereocenters. The summed E-state index contributed by atoms with van der Waals surface area (Å²) in [6, 6.07) is 7.05. The second kappa shape index (κ2) is 8.10. The van der Waals surface area contributed by atoms with E-state index in [1.54, 1.807) is 25.3 Å². The molecule has 3 rings (SSSR count). The van der Waals surface area contributed by atoms with E-state index >= 15 is 0 Å². The van der Waals surface area contributed by atoms with Gasteiger partial charge in [-0.3, -0.25) is 0 Å². The topological polar surface area (TPSA) is 93.7 Å². The van der Waals surface area contributed by atoms with Crippen LogP contribution in [-0.4, -0.2) is 56.0 Å². The first kappa shape index (κ1) is 19.4. The van der Waals surface area contributed by atoms with Crippen molar-refractivity contribution in [1.29, 1.82) is 0 Å². The van der Waals surface area contributed by atoms with Crippen molar-refractivity contribution in [2.75, 3.05) is 32.6 Å². The molecule has 27 heavy (non-hydrogen) atoms. The Morgan fingerprint density at radius 3 is 2.52 bits per heavy atom. The van der Waals surface area contributed by atoms with E-state index in [0.717, 1.165) is 5.56 Å². The summed E-state index contributed by atoms with van der Waals surface area (Å²) in [5.74, 6) is 1.52. The predicted octanol–water partition coefficient (Wildman–Crippen LogP) is 2.07. The molecule has 1 N–H and O–H groups in total. The minimum Gasteiger partial charge on any atom is -0.495 e. The lowest BCUT2D eigenvalue weighted by molar-refractivity contribution is 0.326. The number of nitrogens with zero attached hydrogens (tertiary/aromatic N) is 3. The number of rotatable bonds is 6. The van der Waals surface area contributed by atoms with E-state index in [0.29, 0.717) is 43.4 Å². The Labute approximate surface area is 159 Å². The summed E-state index contributed by atoms with van der Waals surface area (Å²) < 4.78 is 38.0. The van der Waals surface area contributed by atoms with Gasteiger partial charge >= 0.3 is 0 Å². The number of aryl methyl sites for hydroxylation is 1. The first-order valence-electron chi connectivity index (χ1n) is 8.71. The van der Waals surface area contributed by atoms with Gasteiger partial charge in [0.1, 0.15) is 22.8 Å². The fourth-order valence-electron chi connectivity index (χ4n) is 3.10. The van der Waals surface area contributed by atoms with E-state index in [1.807, 2.05) is 13.0 Å². The van der Waals surface area contributed by atoms with Gasteiger partial charge in [0, 0.05) is 25.2 Å². The van der Waals surface area contributed by atoms with Crippen LogP contribution in [0.3, 0.4) is 0 Å². The molecule has 1 aliphatic heterocycles. The summed E-state index contributed by atoms with van der Waals surface area (Å²) in [6.45, 7) is 2.73. The maximum Gasteiger partial charge on any atom is 0.246 e. The molecule has 0 bridgehead atoms. The number of piperidine rings is 1. The summed E-state index contributed by atoms with van der Waals surface area (Å²) in [6.07, 6.45) is 2.80. The summed E-state index contributed by atoms with van der Waals surface area (Å²) in [5.41, 5.74) is 0.878. The molecule has 1 aromatic carbocycles. The highest BCUT2D eigenvalue weighted by Crippen LogP contribution is 2.30. The summed E-state index contributed by atoms with van der Waals surface area (Å²) >= 11 is 0. The molecule has 0 radical (unpaired) electrons. The van der Waals surface area contributed by atoms with Crippen LogP contribution < -0.4 is 14.8 Å². The van der Waals surface area contributed by atoms with E-state index < -0.39 is 10.0 Å². The number of aromatic nitrogens is 2. The summed E-state index contributed by atoms with van der Waals surface area (Å²) in [5, 5.41) is 3.32. The van der Waals surface area contributed by atoms with Crippen molar-refractivity contribution in [2.24, 2.45) is 0 Å². The molecule has 146 valence electrons. The highest BCUT2D eigenvalue weighted by atomic mass is 32.2. The molecule has 0 unspecified atom stereocenters. The Kier molecular flexibility index (Phi) is 5.81. The largest absolute Gasteiger partial charge is 0.495 e. The first-order chi connectivity index (χ1) is 12.9. The van der Waals surface area contributed by atoms with Crippen LogP contribution in [0.5, 0.6) is 11.6 Å². The average Bonchev–Trinajstić information content (AvgIpc) is 2.68. The molecule has 1 aliphatic rings. The minimum atomic E-state index is -3.60. The maximum absolute atomic E-state index is 13.1. The van der Waals surface area contributed by atoms with Gasteiger partial charge in [0.25, 0.3) is 0 Å². The second-order valence-corrected chi connectivity index (χ2v) is 8.33. The van der Waals surface area contributed by atoms with Gasteiger partial charge in [0.05, 0.1) is 14.2 Å². The Morgan fingerprint density at radius 1 is 1.11 bits per heavy atom. The number of anilines is 1. The number of sulfonamides is 1. The average molecular weight is 392 g/mol. The highest BCUT2D eigenvalue weighted by molar-refractivity contribution is 7.89. The minimum absolute atomic E-state index is 0.135. The molecule has 1 aromatic heterocycles. The van der Waals surface area contributed by atoms with Crippen LogP contribution in [0.25, 0.3) is 0 Å². The van der Waals surface area contributed by atoms with Crippen LogP contribution in [-0.2, 0) is 10.0 Å². The molecule has 0 saturated carbocycles. The lowest BCUT2D eigenvalue weighted by Gasteiger charge is -2.32. The smallest absolute Gasteiger partial charge is 0.246 e. The van der Waals surface area contributed by atoms with E-state index in [9.17, 15) is 8.42 Å². The van der Waals surface area contributed by atoms with Crippen LogP contribution >= 0.6 is 0 Å². The monoisotopic (exact) mass is 392 g/mol. The SMILES string of the molecule is COc1cc(NC2CCN(S(=O)(=O)c3cc(C)ccc3OC)CC2)ncn1. The van der Waals surface area contributed by atoms with Gasteiger partial charge in [-0.25, -0.2) is 18.4 Å². The van der Waals surface area contributed by atoms with Gasteiger partial charge in [-0.15, -0.1) is 0 Å². The number of hydrogen-bond donors (Lipinski definition) is 1. The van der Waals surface area contributed by atoms with Crippen LogP contribution in [0, 0.1) is 6.92 Å². The molecule has 0 aliphatic carbocycles. The fourth-order valence-corrected chi connectivity index (χ4v) is 4.81. The lowest BCUT2D eigenvalue weighted by atomic mass is 10.1. The van der Waals surface area contributed by atoms with Crippen molar-refractivity contribution in [2.45, 2.75) is 30.7 Å². The molecular formula is C18H24N4O4S. The molecule has 0 spiro atoms. The van der Waals surface area contributed by atoms with Crippen molar-refractivity contribution in [3.05, 3.63) is 36.2 Å². The molecular weight excluding hydrogens is 368 g/mol. The molecule has 2 aromatic rings. The van der Waals surface area contributed by atoms with Crippen LogP contribution in [0.2, 0.25) is 0 Å². The van der Waals surface area contributed by atoms with Crippen LogP contribution in [0.4, 0.5) is 5.82 Å². The Hall–Kier alpha value is -2.39. The summed E-state index contributed by atoms with van der Waals surface area (Å²) in [4.78, 5) is 8.38. The Balaban J connectivity index is 1.68. The Bertz CT molecular complexity index is 896. The predicted molar refractivity (Wildman–Crippen MR) is 102 cm³/mol. The lowest BCUT2D eigenvalue weighted by Crippen LogP contribution is -2.42. The number of benzene rings is 1. The number of methoxy groups -OCH3 is 2. The van der Waals surface area contributed by atoms with Gasteiger partial charge in [-0.05, 0) is 37.5 Å². The fraction of sp³-hybridized carbons (Fsp3) is 0.444. The van der Waals surface area contributed by atoms with E-state index in [4.69, 9.17) is 9.47 Å². The molecule has 2 heterocycles. The third-order valence-corrected chi connectivity index (χ3v) is 6.51. The van der Waals surface area contributed by atoms with E-state index in [2.05, 4.69) is 15.3 Å². The van der Waals surface area contributed by atoms with Crippen molar-refractivity contribution >= 4 is 15.8 Å². The van der Waals surface area contributed by atoms with E-state index in [-0.39, 0.29) is 10.9 Å². The third kappa shape index (κ3) is 4.30. The molecule has 1 saturated heterocycles. The van der Waals surface area contributed by atoms with Gasteiger partial charge in [-0.1, -0.05) is 6.07 Å². The zero-order chi connectivity index (χ0) is 19.4. The van der Waals surface area contributed by atoms with Gasteiger partial charge in [0.2, 0.25) is 15.9 Å². The third-order valence-electron chi connectivity index (χ3n) is 4.59. The number of ether oxygens (including phenoxy) is 2. The van der Waals surface area contributed by atoms with Gasteiger partial charge < -0.3 is 14.8 Å². The first-order valence-corrected chi connectivity index (χ1v) is 10.2. The van der Waals surface area contributed by atoms with Crippen molar-refractivity contribution < 1.29 is 17.9 Å². The second-order valence-electron chi connectivity index (χ2n) is 6.42. The Morgan fingerprint density at radius 2 is 1.85 bits per heavy atom. The van der Waals surface area contributed by atoms with Gasteiger partial charge in [0.15, 0.2) is 0 Å². The van der Waals surface area contributed by atoms with Crippen molar-refractivity contribution in [1.82, 2.24) is 14.3 Å². The molecule has 8 nitrogen and oxygen atoms in total. The van der Waals surface area contributed by atoms with Crippen LogP contribution in [0.15, 0.2) is 35.5 Å². The number of hydrogen-bond acceptors (Lipinski definition) is 7. The molecule has 0 amide bonds. The molecule has 1 fully saturated rings. The summed E-state index contributed by atoms with van der Waals surface area (Å²) in [7, 11) is -0.567. The highest BCUT2D eigenvalue weighted by Gasteiger charge is 2.31. The zero-order valence-corrected chi connectivity index (χ0v) is 16.5. The quantitative estimate of drug-likeness (QED) is 0.804. The maximum atomic E-state index is 13.1. The number of nitrogens with one attached hydrogen (secondary N) is 1. The standard InChI is InChI=1S/C18H24N4O4S/c1-13-4-5-15(25-2)16(10-13)27(23,24)22-8-6-14(7-9-22)21-17-11-18(26-3)20-12-19-17/h4-5,10-12,14H,6-9H2,1-3H3,(H,19,20,21). The van der Waals surface area contributed by atoms with E-state index in [1.165, 1.54) is 17.7 Å². The van der Waals surface area contributed by atoms with Crippen LogP contribution in [0.1, 0.15) is 18.4 Å². The normalized spacial score (nSPS) is 16.1.